The quantitative estimate of drug-likeness (QED) is 0.564. The summed E-state index contributed by atoms with van der Waals surface area (Å²) in [5.41, 5.74) is 2.37. The molecule has 4 aromatic rings. The molecule has 0 bridgehead atoms. The molecular formula is C18H17FN6O. The van der Waals surface area contributed by atoms with Gasteiger partial charge in [-0.1, -0.05) is 5.16 Å². The molecule has 1 fully saturated rings. The molecule has 3 aromatic heterocycles. The predicted octanol–water partition coefficient (Wildman–Crippen LogP) is 2.33. The number of fused-ring (bicyclic) bond motifs is 2. The molecule has 0 saturated carbocycles. The van der Waals surface area contributed by atoms with Crippen LogP contribution in [0, 0.1) is 5.82 Å². The van der Waals surface area contributed by atoms with Crippen molar-refractivity contribution in [3.8, 4) is 0 Å². The highest BCUT2D eigenvalue weighted by molar-refractivity contribution is 5.79. The van der Waals surface area contributed by atoms with Crippen molar-refractivity contribution >= 4 is 22.3 Å². The van der Waals surface area contributed by atoms with Gasteiger partial charge in [0.1, 0.15) is 17.0 Å². The van der Waals surface area contributed by atoms with Gasteiger partial charge in [0.15, 0.2) is 11.4 Å². The van der Waals surface area contributed by atoms with Crippen LogP contribution >= 0.6 is 0 Å². The maximum Gasteiger partial charge on any atom is 0.170 e. The zero-order valence-electron chi connectivity index (χ0n) is 14.0. The van der Waals surface area contributed by atoms with Crippen LogP contribution in [0.15, 0.2) is 47.4 Å². The molecular weight excluding hydrogens is 335 g/mol. The number of hydrogen-bond donors (Lipinski definition) is 0. The lowest BCUT2D eigenvalue weighted by Gasteiger charge is -2.35. The van der Waals surface area contributed by atoms with Gasteiger partial charge < -0.3 is 9.42 Å². The molecule has 8 heteroatoms. The van der Waals surface area contributed by atoms with Crippen molar-refractivity contribution < 1.29 is 8.91 Å². The fourth-order valence-corrected chi connectivity index (χ4v) is 3.49. The van der Waals surface area contributed by atoms with Gasteiger partial charge in [-0.15, -0.1) is 0 Å². The van der Waals surface area contributed by atoms with E-state index < -0.39 is 0 Å². The van der Waals surface area contributed by atoms with E-state index >= 15 is 0 Å². The van der Waals surface area contributed by atoms with E-state index in [9.17, 15) is 4.39 Å². The highest BCUT2D eigenvalue weighted by Crippen LogP contribution is 2.23. The molecule has 0 N–H and O–H groups in total. The number of piperazine rings is 1. The number of nitrogens with zero attached hydrogens (tertiary/aromatic N) is 6. The zero-order chi connectivity index (χ0) is 17.5. The Bertz CT molecular complexity index is 1070. The lowest BCUT2D eigenvalue weighted by atomic mass is 10.2. The fourth-order valence-electron chi connectivity index (χ4n) is 3.49. The van der Waals surface area contributed by atoms with Crippen molar-refractivity contribution in [1.82, 2.24) is 24.7 Å². The highest BCUT2D eigenvalue weighted by atomic mass is 19.1. The Balaban J connectivity index is 1.30. The van der Waals surface area contributed by atoms with E-state index in [4.69, 9.17) is 4.52 Å². The second-order valence-electron chi connectivity index (χ2n) is 6.44. The Kier molecular flexibility index (Phi) is 3.56. The van der Waals surface area contributed by atoms with Gasteiger partial charge in [-0.3, -0.25) is 4.90 Å². The molecule has 5 rings (SSSR count). The normalized spacial score (nSPS) is 16.0. The maximum atomic E-state index is 13.3. The summed E-state index contributed by atoms with van der Waals surface area (Å²) in [4.78, 5) is 9.15. The molecule has 1 aromatic carbocycles. The van der Waals surface area contributed by atoms with Gasteiger partial charge in [0.2, 0.25) is 0 Å². The van der Waals surface area contributed by atoms with Crippen LogP contribution in [0.1, 0.15) is 5.69 Å². The van der Waals surface area contributed by atoms with Gasteiger partial charge in [-0.05, 0) is 18.2 Å². The van der Waals surface area contributed by atoms with E-state index in [1.165, 1.54) is 12.1 Å². The molecule has 0 radical (unpaired) electrons. The van der Waals surface area contributed by atoms with E-state index in [2.05, 4.69) is 25.0 Å². The third-order valence-corrected chi connectivity index (χ3v) is 4.86. The van der Waals surface area contributed by atoms with E-state index in [1.807, 2.05) is 16.8 Å². The average molecular weight is 352 g/mol. The zero-order valence-corrected chi connectivity index (χ0v) is 14.0. The lowest BCUT2D eigenvalue weighted by molar-refractivity contribution is 0.243. The van der Waals surface area contributed by atoms with Crippen molar-refractivity contribution in [2.45, 2.75) is 6.54 Å². The van der Waals surface area contributed by atoms with Crippen LogP contribution in [0.2, 0.25) is 0 Å². The molecule has 0 unspecified atom stereocenters. The first-order valence-corrected chi connectivity index (χ1v) is 8.57. The smallest absolute Gasteiger partial charge is 0.170 e. The molecule has 26 heavy (non-hydrogen) atoms. The predicted molar refractivity (Wildman–Crippen MR) is 94.4 cm³/mol. The molecule has 4 heterocycles. The van der Waals surface area contributed by atoms with Gasteiger partial charge in [0, 0.05) is 56.6 Å². The second kappa shape index (κ2) is 6.06. The molecule has 7 nitrogen and oxygen atoms in total. The Hall–Kier alpha value is -3.00. The summed E-state index contributed by atoms with van der Waals surface area (Å²) in [5, 5.41) is 9.26. The molecule has 1 saturated heterocycles. The first kappa shape index (κ1) is 15.3. The van der Waals surface area contributed by atoms with Gasteiger partial charge in [-0.2, -0.15) is 5.10 Å². The first-order chi connectivity index (χ1) is 12.8. The molecule has 0 spiro atoms. The van der Waals surface area contributed by atoms with Crippen molar-refractivity contribution in [1.29, 1.82) is 0 Å². The minimum absolute atomic E-state index is 0.310. The Morgan fingerprint density at radius 1 is 1.08 bits per heavy atom. The van der Waals surface area contributed by atoms with Gasteiger partial charge in [0.25, 0.3) is 0 Å². The van der Waals surface area contributed by atoms with Crippen LogP contribution in [-0.4, -0.2) is 50.8 Å². The summed E-state index contributed by atoms with van der Waals surface area (Å²) in [6.07, 6.45) is 5.42. The van der Waals surface area contributed by atoms with Crippen molar-refractivity contribution in [2.24, 2.45) is 0 Å². The first-order valence-electron chi connectivity index (χ1n) is 8.57. The third-order valence-electron chi connectivity index (χ3n) is 4.86. The monoisotopic (exact) mass is 352 g/mol. The summed E-state index contributed by atoms with van der Waals surface area (Å²) < 4.78 is 20.4. The minimum atomic E-state index is -0.310. The number of benzene rings is 1. The number of hydrogen-bond acceptors (Lipinski definition) is 6. The Morgan fingerprint density at radius 2 is 1.96 bits per heavy atom. The molecule has 132 valence electrons. The second-order valence-corrected chi connectivity index (χ2v) is 6.44. The number of rotatable bonds is 3. The van der Waals surface area contributed by atoms with Crippen molar-refractivity contribution in [2.75, 3.05) is 31.1 Å². The minimum Gasteiger partial charge on any atom is -0.356 e. The number of aromatic nitrogens is 4. The van der Waals surface area contributed by atoms with Gasteiger partial charge in [-0.25, -0.2) is 13.9 Å². The van der Waals surface area contributed by atoms with Crippen molar-refractivity contribution in [3.63, 3.8) is 0 Å². The van der Waals surface area contributed by atoms with Crippen LogP contribution in [0.25, 0.3) is 16.5 Å². The molecule has 1 aliphatic heterocycles. The van der Waals surface area contributed by atoms with Crippen LogP contribution < -0.4 is 4.90 Å². The van der Waals surface area contributed by atoms with Gasteiger partial charge in [0.05, 0.1) is 6.20 Å². The summed E-state index contributed by atoms with van der Waals surface area (Å²) in [6, 6.07) is 6.53. The molecule has 0 aliphatic carbocycles. The maximum absolute atomic E-state index is 13.3. The van der Waals surface area contributed by atoms with E-state index in [0.29, 0.717) is 12.1 Å². The fraction of sp³-hybridized carbons (Fsp3) is 0.278. The highest BCUT2D eigenvalue weighted by Gasteiger charge is 2.21. The van der Waals surface area contributed by atoms with Gasteiger partial charge >= 0.3 is 0 Å². The van der Waals surface area contributed by atoms with E-state index in [-0.39, 0.29) is 5.82 Å². The number of halogens is 1. The Labute approximate surface area is 148 Å². The summed E-state index contributed by atoms with van der Waals surface area (Å²) in [6.45, 7) is 4.24. The molecule has 0 atom stereocenters. The van der Waals surface area contributed by atoms with Crippen LogP contribution in [-0.2, 0) is 6.54 Å². The number of anilines is 1. The SMILES string of the molecule is Fc1ccc2c(CN3CCN(c4nccn5nccc45)CC3)noc2c1. The third kappa shape index (κ3) is 2.59. The summed E-state index contributed by atoms with van der Waals surface area (Å²) >= 11 is 0. The summed E-state index contributed by atoms with van der Waals surface area (Å²) in [7, 11) is 0. The topological polar surface area (TPSA) is 62.7 Å². The van der Waals surface area contributed by atoms with E-state index in [0.717, 1.165) is 48.6 Å². The lowest BCUT2D eigenvalue weighted by Crippen LogP contribution is -2.46. The average Bonchev–Trinajstić information content (AvgIpc) is 3.29. The van der Waals surface area contributed by atoms with Crippen molar-refractivity contribution in [3.05, 3.63) is 54.4 Å². The summed E-state index contributed by atoms with van der Waals surface area (Å²) in [5.74, 6) is 0.655. The molecule has 0 amide bonds. The van der Waals surface area contributed by atoms with E-state index in [1.54, 1.807) is 18.5 Å². The largest absolute Gasteiger partial charge is 0.356 e. The standard InChI is InChI=1S/C18H17FN6O/c19-13-1-2-14-15(22-26-17(14)11-13)12-23-7-9-24(10-8-23)18-16-3-4-21-25(16)6-5-20-18/h1-6,11H,7-10,12H2. The van der Waals surface area contributed by atoms with Crippen LogP contribution in [0.3, 0.4) is 0 Å². The van der Waals surface area contributed by atoms with Crippen LogP contribution in [0.4, 0.5) is 10.2 Å². The molecule has 1 aliphatic rings. The van der Waals surface area contributed by atoms with Crippen LogP contribution in [0.5, 0.6) is 0 Å². The Morgan fingerprint density at radius 3 is 2.85 bits per heavy atom.